The van der Waals surface area contributed by atoms with Gasteiger partial charge in [-0.05, 0) is 10.3 Å². The molecule has 0 bridgehead atoms. The van der Waals surface area contributed by atoms with Crippen LogP contribution in [0.2, 0.25) is 0 Å². The minimum atomic E-state index is -0.413. The molecule has 0 saturated carbocycles. The number of methoxy groups -OCH3 is 1. The molecule has 1 aromatic rings. The summed E-state index contributed by atoms with van der Waals surface area (Å²) in [6.07, 6.45) is 0. The maximum absolute atomic E-state index is 8.55. The molecule has 1 aromatic heterocycles. The summed E-state index contributed by atoms with van der Waals surface area (Å²) < 4.78 is 9.34. The zero-order valence-corrected chi connectivity index (χ0v) is 8.86. The molecule has 0 aliphatic carbocycles. The van der Waals surface area contributed by atoms with Gasteiger partial charge in [0.05, 0.1) is 6.61 Å². The molecule has 0 unspecified atom stereocenters. The van der Waals surface area contributed by atoms with Crippen molar-refractivity contribution >= 4 is 22.6 Å². The second-order valence-electron chi connectivity index (χ2n) is 2.47. The van der Waals surface area contributed by atoms with E-state index in [2.05, 4.69) is 25.3 Å². The Kier molecular flexibility index (Phi) is 5.02. The summed E-state index contributed by atoms with van der Waals surface area (Å²) in [6, 6.07) is 0. The van der Waals surface area contributed by atoms with E-state index in [-0.39, 0.29) is 10.9 Å². The molecular weight excluding hydrogens is 224 g/mol. The molecule has 0 aliphatic heterocycles. The van der Waals surface area contributed by atoms with Crippen molar-refractivity contribution in [1.82, 2.24) is 10.3 Å². The van der Waals surface area contributed by atoms with Crippen molar-refractivity contribution in [3.63, 3.8) is 0 Å². The fourth-order valence-electron chi connectivity index (χ4n) is 0.848. The predicted octanol–water partition coefficient (Wildman–Crippen LogP) is 0.0631. The van der Waals surface area contributed by atoms with Crippen LogP contribution in [-0.4, -0.2) is 47.6 Å². The number of aliphatic hydroxyl groups is 1. The first-order chi connectivity index (χ1) is 7.29. The maximum Gasteiger partial charge on any atom is 0.201 e. The van der Waals surface area contributed by atoms with Crippen molar-refractivity contribution < 1.29 is 14.5 Å². The largest absolute Gasteiger partial charge is 0.383 e. The molecule has 1 rings (SSSR count). The summed E-state index contributed by atoms with van der Waals surface area (Å²) >= 11 is 5.72. The van der Waals surface area contributed by atoms with E-state index in [4.69, 9.17) is 21.4 Å². The zero-order chi connectivity index (χ0) is 11.1. The molecule has 0 aliphatic rings. The molecule has 0 aromatic carbocycles. The number of halogens is 1. The van der Waals surface area contributed by atoms with Crippen molar-refractivity contribution in [3.05, 3.63) is 5.69 Å². The van der Waals surface area contributed by atoms with Crippen LogP contribution < -0.4 is 5.32 Å². The Morgan fingerprint density at radius 3 is 3.13 bits per heavy atom. The van der Waals surface area contributed by atoms with Crippen LogP contribution in [0.25, 0.3) is 0 Å². The number of nitrogens with one attached hydrogen (secondary N) is 1. The van der Waals surface area contributed by atoms with Gasteiger partial charge < -0.3 is 15.2 Å². The van der Waals surface area contributed by atoms with Gasteiger partial charge in [0.1, 0.15) is 6.73 Å². The van der Waals surface area contributed by atoms with Crippen LogP contribution in [0.1, 0.15) is 5.69 Å². The Balaban J connectivity index is 2.64. The van der Waals surface area contributed by atoms with Gasteiger partial charge in [0, 0.05) is 13.7 Å². The Morgan fingerprint density at radius 1 is 1.67 bits per heavy atom. The molecule has 0 amide bonds. The highest BCUT2D eigenvalue weighted by Gasteiger charge is 2.13. The maximum atomic E-state index is 8.55. The monoisotopic (exact) mass is 234 g/mol. The van der Waals surface area contributed by atoms with Gasteiger partial charge in [-0.3, -0.25) is 0 Å². The number of hydrogen-bond acceptors (Lipinski definition) is 7. The number of rotatable bonds is 6. The van der Waals surface area contributed by atoms with Crippen molar-refractivity contribution in [2.24, 2.45) is 4.99 Å². The van der Waals surface area contributed by atoms with Gasteiger partial charge in [-0.15, -0.1) is 0 Å². The lowest BCUT2D eigenvalue weighted by Gasteiger charge is -2.01. The van der Waals surface area contributed by atoms with Crippen LogP contribution >= 0.6 is 11.6 Å². The third-order valence-electron chi connectivity index (χ3n) is 1.49. The predicted molar refractivity (Wildman–Crippen MR) is 54.1 cm³/mol. The van der Waals surface area contributed by atoms with Gasteiger partial charge in [-0.25, -0.2) is 9.62 Å². The number of aromatic nitrogens is 2. The van der Waals surface area contributed by atoms with Crippen LogP contribution in [0.4, 0.5) is 5.82 Å². The Hall–Kier alpha value is -1.18. The number of aliphatic hydroxyl groups excluding tert-OH is 1. The minimum absolute atomic E-state index is 0.0404. The van der Waals surface area contributed by atoms with Crippen LogP contribution in [-0.2, 0) is 4.74 Å². The summed E-state index contributed by atoms with van der Waals surface area (Å²) in [5.41, 5.74) is 0.266. The number of anilines is 1. The standard InChI is InChI=1S/C7H11ClN4O3/c1-14-3-2-9-7-5(11-15-12-7)6(8)10-4-13/h13H,2-4H2,1H3,(H,9,12)/b10-6-. The molecule has 0 radical (unpaired) electrons. The molecule has 2 N–H and O–H groups in total. The first-order valence-corrected chi connectivity index (χ1v) is 4.54. The van der Waals surface area contributed by atoms with Crippen LogP contribution in [0.15, 0.2) is 9.62 Å². The van der Waals surface area contributed by atoms with Gasteiger partial charge in [0.15, 0.2) is 10.9 Å². The molecule has 0 spiro atoms. The molecule has 84 valence electrons. The summed E-state index contributed by atoms with van der Waals surface area (Å²) in [5, 5.41) is 18.6. The van der Waals surface area contributed by atoms with Crippen LogP contribution in [0.5, 0.6) is 0 Å². The highest BCUT2D eigenvalue weighted by Crippen LogP contribution is 2.12. The summed E-state index contributed by atoms with van der Waals surface area (Å²) in [5.74, 6) is 0.370. The Bertz CT molecular complexity index is 328. The molecule has 0 atom stereocenters. The molecule has 8 heteroatoms. The van der Waals surface area contributed by atoms with Crippen molar-refractivity contribution in [2.75, 3.05) is 32.3 Å². The zero-order valence-electron chi connectivity index (χ0n) is 8.10. The Labute approximate surface area is 91.0 Å². The second kappa shape index (κ2) is 6.33. The lowest BCUT2D eigenvalue weighted by molar-refractivity contribution is 0.210. The number of aliphatic imine (C=N–C) groups is 1. The van der Waals surface area contributed by atoms with Gasteiger partial charge in [0.2, 0.25) is 5.82 Å². The minimum Gasteiger partial charge on any atom is -0.383 e. The van der Waals surface area contributed by atoms with E-state index in [1.165, 1.54) is 0 Å². The number of hydrogen-bond donors (Lipinski definition) is 2. The fraction of sp³-hybridized carbons (Fsp3) is 0.571. The van der Waals surface area contributed by atoms with Gasteiger partial charge >= 0.3 is 0 Å². The third-order valence-corrected chi connectivity index (χ3v) is 1.79. The Morgan fingerprint density at radius 2 is 2.47 bits per heavy atom. The number of nitrogens with zero attached hydrogens (tertiary/aromatic N) is 3. The fourth-order valence-corrected chi connectivity index (χ4v) is 1.03. The average molecular weight is 235 g/mol. The highest BCUT2D eigenvalue weighted by atomic mass is 35.5. The lowest BCUT2D eigenvalue weighted by Crippen LogP contribution is -2.10. The molecule has 7 nitrogen and oxygen atoms in total. The molecule has 15 heavy (non-hydrogen) atoms. The van der Waals surface area contributed by atoms with E-state index in [1.54, 1.807) is 7.11 Å². The van der Waals surface area contributed by atoms with E-state index in [9.17, 15) is 0 Å². The van der Waals surface area contributed by atoms with Crippen LogP contribution in [0.3, 0.4) is 0 Å². The quantitative estimate of drug-likeness (QED) is 0.534. The smallest absolute Gasteiger partial charge is 0.201 e. The average Bonchev–Trinajstić information content (AvgIpc) is 2.67. The highest BCUT2D eigenvalue weighted by molar-refractivity contribution is 6.69. The normalized spacial score (nSPS) is 11.8. The van der Waals surface area contributed by atoms with Crippen molar-refractivity contribution in [1.29, 1.82) is 0 Å². The SMILES string of the molecule is COCCNc1nonc1/C(Cl)=N/CO. The summed E-state index contributed by atoms with van der Waals surface area (Å²) in [6.45, 7) is 0.644. The van der Waals surface area contributed by atoms with Crippen molar-refractivity contribution in [2.45, 2.75) is 0 Å². The van der Waals surface area contributed by atoms with E-state index in [0.717, 1.165) is 0 Å². The van der Waals surface area contributed by atoms with E-state index in [0.29, 0.717) is 19.0 Å². The van der Waals surface area contributed by atoms with E-state index in [1.807, 2.05) is 0 Å². The topological polar surface area (TPSA) is 92.8 Å². The van der Waals surface area contributed by atoms with Gasteiger partial charge in [-0.1, -0.05) is 11.6 Å². The third kappa shape index (κ3) is 3.46. The van der Waals surface area contributed by atoms with Gasteiger partial charge in [0.25, 0.3) is 0 Å². The van der Waals surface area contributed by atoms with E-state index >= 15 is 0 Å². The molecule has 1 heterocycles. The first-order valence-electron chi connectivity index (χ1n) is 4.16. The number of ether oxygens (including phenoxy) is 1. The first kappa shape index (κ1) is 11.9. The molecule has 0 saturated heterocycles. The molecular formula is C7H11ClN4O3. The summed E-state index contributed by atoms with van der Waals surface area (Å²) in [7, 11) is 1.59. The second-order valence-corrected chi connectivity index (χ2v) is 2.83. The van der Waals surface area contributed by atoms with Crippen molar-refractivity contribution in [3.8, 4) is 0 Å². The summed E-state index contributed by atoms with van der Waals surface area (Å²) in [4.78, 5) is 3.56. The molecule has 0 fully saturated rings. The van der Waals surface area contributed by atoms with Crippen LogP contribution in [0, 0.1) is 0 Å². The van der Waals surface area contributed by atoms with E-state index < -0.39 is 6.73 Å². The lowest BCUT2D eigenvalue weighted by atomic mass is 10.4. The van der Waals surface area contributed by atoms with Gasteiger partial charge in [-0.2, -0.15) is 0 Å².